The molecule has 20 heavy (non-hydrogen) atoms. The summed E-state index contributed by atoms with van der Waals surface area (Å²) in [5.41, 5.74) is 0. The van der Waals surface area contributed by atoms with Crippen LogP contribution < -0.4 is 10.2 Å². The molecule has 0 amide bonds. The average Bonchev–Trinajstić information content (AvgIpc) is 2.37. The number of anilines is 2. The van der Waals surface area contributed by atoms with Crippen LogP contribution in [0.2, 0.25) is 0 Å². The molecule has 1 aromatic rings. The summed E-state index contributed by atoms with van der Waals surface area (Å²) in [4.78, 5) is 11.1. The molecule has 0 aromatic carbocycles. The number of nitrogens with zero attached hydrogens (tertiary/aromatic N) is 3. The molecule has 1 atom stereocenters. The van der Waals surface area contributed by atoms with E-state index in [9.17, 15) is 8.42 Å². The topological polar surface area (TPSA) is 75.2 Å². The Morgan fingerprint density at radius 1 is 1.45 bits per heavy atom. The van der Waals surface area contributed by atoms with Gasteiger partial charge in [-0.05, 0) is 13.3 Å². The van der Waals surface area contributed by atoms with E-state index in [1.165, 1.54) is 0 Å². The second-order valence-electron chi connectivity index (χ2n) is 5.18. The third-order valence-electron chi connectivity index (χ3n) is 3.45. The lowest BCUT2D eigenvalue weighted by Gasteiger charge is -2.34. The summed E-state index contributed by atoms with van der Waals surface area (Å²) in [7, 11) is -1.08. The quantitative estimate of drug-likeness (QED) is 0.897. The highest BCUT2D eigenvalue weighted by Gasteiger charge is 2.29. The van der Waals surface area contributed by atoms with Crippen molar-refractivity contribution < 1.29 is 8.42 Å². The lowest BCUT2D eigenvalue weighted by molar-refractivity contribution is 0.566. The summed E-state index contributed by atoms with van der Waals surface area (Å²) >= 11 is 0. The van der Waals surface area contributed by atoms with E-state index in [0.29, 0.717) is 6.54 Å². The predicted molar refractivity (Wildman–Crippen MR) is 81.0 cm³/mol. The first-order valence-electron chi connectivity index (χ1n) is 6.98. The molecule has 0 radical (unpaired) electrons. The van der Waals surface area contributed by atoms with Crippen molar-refractivity contribution >= 4 is 21.5 Å². The molecular weight excluding hydrogens is 276 g/mol. The second kappa shape index (κ2) is 5.95. The second-order valence-corrected chi connectivity index (χ2v) is 7.41. The van der Waals surface area contributed by atoms with Crippen molar-refractivity contribution in [2.45, 2.75) is 32.7 Å². The first kappa shape index (κ1) is 15.0. The maximum absolute atomic E-state index is 11.7. The van der Waals surface area contributed by atoms with Crippen LogP contribution in [0.4, 0.5) is 11.6 Å². The molecule has 7 heteroatoms. The van der Waals surface area contributed by atoms with E-state index in [1.807, 2.05) is 20.0 Å². The molecule has 112 valence electrons. The zero-order chi connectivity index (χ0) is 14.8. The Hall–Kier alpha value is -1.37. The average molecular weight is 298 g/mol. The van der Waals surface area contributed by atoms with Crippen molar-refractivity contribution in [2.24, 2.45) is 0 Å². The number of aromatic nitrogens is 2. The maximum atomic E-state index is 11.7. The van der Waals surface area contributed by atoms with Crippen LogP contribution in [0, 0.1) is 0 Å². The van der Waals surface area contributed by atoms with E-state index in [2.05, 4.69) is 27.1 Å². The van der Waals surface area contributed by atoms with Crippen LogP contribution in [0.1, 0.15) is 26.1 Å². The summed E-state index contributed by atoms with van der Waals surface area (Å²) < 4.78 is 23.3. The van der Waals surface area contributed by atoms with Gasteiger partial charge in [-0.15, -0.1) is 0 Å². The number of nitrogens with one attached hydrogen (secondary N) is 1. The molecule has 6 nitrogen and oxygen atoms in total. The highest BCUT2D eigenvalue weighted by molar-refractivity contribution is 7.91. The number of sulfone groups is 1. The van der Waals surface area contributed by atoms with Crippen molar-refractivity contribution in [3.63, 3.8) is 0 Å². The summed E-state index contributed by atoms with van der Waals surface area (Å²) in [6.45, 7) is 4.51. The van der Waals surface area contributed by atoms with Crippen LogP contribution in [0.5, 0.6) is 0 Å². The van der Waals surface area contributed by atoms with E-state index >= 15 is 0 Å². The van der Waals surface area contributed by atoms with E-state index in [0.717, 1.165) is 30.3 Å². The van der Waals surface area contributed by atoms with Gasteiger partial charge in [-0.2, -0.15) is 0 Å². The third-order valence-corrected chi connectivity index (χ3v) is 5.25. The van der Waals surface area contributed by atoms with Gasteiger partial charge in [-0.3, -0.25) is 0 Å². The Labute approximate surface area is 120 Å². The third kappa shape index (κ3) is 3.39. The van der Waals surface area contributed by atoms with Gasteiger partial charge < -0.3 is 10.2 Å². The molecule has 1 N–H and O–H groups in total. The maximum Gasteiger partial charge on any atom is 0.154 e. The molecule has 1 aliphatic heterocycles. The van der Waals surface area contributed by atoms with Crippen LogP contribution in [0.15, 0.2) is 6.07 Å². The van der Waals surface area contributed by atoms with Gasteiger partial charge in [0.2, 0.25) is 0 Å². The standard InChI is InChI=1S/C13H22N4O2S/c1-4-5-11-15-12(14-3)8-13(16-11)17-6-7-20(18,19)9-10(17)2/h8,10H,4-7,9H2,1-3H3,(H,14,15,16). The largest absolute Gasteiger partial charge is 0.373 e. The molecular formula is C13H22N4O2S. The van der Waals surface area contributed by atoms with Gasteiger partial charge in [0.05, 0.1) is 11.5 Å². The van der Waals surface area contributed by atoms with Crippen molar-refractivity contribution in [2.75, 3.05) is 35.3 Å². The Bertz CT molecular complexity index is 574. The molecule has 2 heterocycles. The van der Waals surface area contributed by atoms with Gasteiger partial charge in [-0.25, -0.2) is 18.4 Å². The lowest BCUT2D eigenvalue weighted by atomic mass is 10.3. The van der Waals surface area contributed by atoms with Crippen LogP contribution in [-0.4, -0.2) is 49.5 Å². The Morgan fingerprint density at radius 3 is 2.80 bits per heavy atom. The van der Waals surface area contributed by atoms with Crippen LogP contribution >= 0.6 is 0 Å². The Morgan fingerprint density at radius 2 is 2.20 bits per heavy atom. The number of aryl methyl sites for hydroxylation is 1. The van der Waals surface area contributed by atoms with E-state index in [1.54, 1.807) is 0 Å². The molecule has 0 spiro atoms. The molecule has 1 unspecified atom stereocenters. The first-order chi connectivity index (χ1) is 9.45. The molecule has 0 bridgehead atoms. The first-order valence-corrected chi connectivity index (χ1v) is 8.80. The Kier molecular flexibility index (Phi) is 4.47. The summed E-state index contributed by atoms with van der Waals surface area (Å²) in [5.74, 6) is 2.78. The Balaban J connectivity index is 2.29. The van der Waals surface area contributed by atoms with Crippen LogP contribution in [0.3, 0.4) is 0 Å². The van der Waals surface area contributed by atoms with Gasteiger partial charge in [0.1, 0.15) is 17.5 Å². The fourth-order valence-electron chi connectivity index (χ4n) is 2.43. The highest BCUT2D eigenvalue weighted by atomic mass is 32.2. The van der Waals surface area contributed by atoms with E-state index < -0.39 is 9.84 Å². The van der Waals surface area contributed by atoms with Gasteiger partial charge in [-0.1, -0.05) is 6.92 Å². The molecule has 1 saturated heterocycles. The van der Waals surface area contributed by atoms with Gasteiger partial charge in [0.15, 0.2) is 9.84 Å². The van der Waals surface area contributed by atoms with Crippen molar-refractivity contribution in [3.05, 3.63) is 11.9 Å². The zero-order valence-corrected chi connectivity index (χ0v) is 13.1. The van der Waals surface area contributed by atoms with Gasteiger partial charge >= 0.3 is 0 Å². The van der Waals surface area contributed by atoms with E-state index in [-0.39, 0.29) is 17.5 Å². The smallest absolute Gasteiger partial charge is 0.154 e. The molecule has 0 saturated carbocycles. The lowest BCUT2D eigenvalue weighted by Crippen LogP contribution is -2.47. The SMILES string of the molecule is CCCc1nc(NC)cc(N2CCS(=O)(=O)CC2C)n1. The van der Waals surface area contributed by atoms with E-state index in [4.69, 9.17) is 0 Å². The molecule has 1 fully saturated rings. The summed E-state index contributed by atoms with van der Waals surface area (Å²) in [6, 6.07) is 1.83. The minimum atomic E-state index is -2.91. The monoisotopic (exact) mass is 298 g/mol. The molecule has 1 aliphatic rings. The van der Waals surface area contributed by atoms with Crippen molar-refractivity contribution in [3.8, 4) is 0 Å². The fraction of sp³-hybridized carbons (Fsp3) is 0.692. The molecule has 2 rings (SSSR count). The minimum Gasteiger partial charge on any atom is -0.373 e. The normalized spacial score (nSPS) is 21.8. The van der Waals surface area contributed by atoms with Crippen LogP contribution in [0.25, 0.3) is 0 Å². The van der Waals surface area contributed by atoms with Crippen molar-refractivity contribution in [1.29, 1.82) is 0 Å². The fourth-order valence-corrected chi connectivity index (χ4v) is 3.99. The van der Waals surface area contributed by atoms with Gasteiger partial charge in [0, 0.05) is 32.1 Å². The molecule has 0 aliphatic carbocycles. The number of hydrogen-bond acceptors (Lipinski definition) is 6. The summed E-state index contributed by atoms with van der Waals surface area (Å²) in [5, 5.41) is 3.04. The number of rotatable bonds is 4. The number of hydrogen-bond donors (Lipinski definition) is 1. The van der Waals surface area contributed by atoms with Gasteiger partial charge in [0.25, 0.3) is 0 Å². The summed E-state index contributed by atoms with van der Waals surface area (Å²) in [6.07, 6.45) is 1.81. The minimum absolute atomic E-state index is 0.0529. The van der Waals surface area contributed by atoms with Crippen molar-refractivity contribution in [1.82, 2.24) is 9.97 Å². The molecule has 1 aromatic heterocycles. The highest BCUT2D eigenvalue weighted by Crippen LogP contribution is 2.22. The van der Waals surface area contributed by atoms with Crippen LogP contribution in [-0.2, 0) is 16.3 Å². The predicted octanol–water partition coefficient (Wildman–Crippen LogP) is 1.09. The zero-order valence-electron chi connectivity index (χ0n) is 12.3.